The third-order valence-electron chi connectivity index (χ3n) is 6.84. The van der Waals surface area contributed by atoms with Crippen LogP contribution in [0.15, 0.2) is 36.7 Å². The molecule has 0 aliphatic carbocycles. The number of anilines is 1. The number of rotatable bonds is 14. The van der Waals surface area contributed by atoms with E-state index >= 15 is 0 Å². The minimum absolute atomic E-state index is 0.104. The molecule has 256 valence electrons. The van der Waals surface area contributed by atoms with Gasteiger partial charge in [-0.3, -0.25) is 14.6 Å². The van der Waals surface area contributed by atoms with E-state index in [-0.39, 0.29) is 35.8 Å². The molecule has 0 amide bonds. The van der Waals surface area contributed by atoms with E-state index in [9.17, 15) is 44.0 Å². The second kappa shape index (κ2) is 14.2. The normalized spacial score (nSPS) is 21.7. The van der Waals surface area contributed by atoms with E-state index in [2.05, 4.69) is 18.1 Å². The van der Waals surface area contributed by atoms with Crippen LogP contribution < -0.4 is 5.73 Å². The van der Waals surface area contributed by atoms with Crippen molar-refractivity contribution in [2.24, 2.45) is 5.92 Å². The number of nitro groups is 1. The molecule has 1 aliphatic heterocycles. The summed E-state index contributed by atoms with van der Waals surface area (Å²) in [6.07, 6.45) is -1.50. The van der Waals surface area contributed by atoms with Crippen LogP contribution in [0.5, 0.6) is 0 Å². The zero-order valence-electron chi connectivity index (χ0n) is 24.5. The van der Waals surface area contributed by atoms with Gasteiger partial charge in [-0.1, -0.05) is 13.8 Å². The average molecular weight is 721 g/mol. The number of nitrogen functional groups attached to an aromatic ring is 1. The molecule has 4 rings (SSSR count). The third kappa shape index (κ3) is 9.08. The van der Waals surface area contributed by atoms with Gasteiger partial charge >= 0.3 is 23.5 Å². The number of nitrogens with two attached hydrogens (primary N) is 1. The highest BCUT2D eigenvalue weighted by molar-refractivity contribution is 7.66. The first-order valence-electron chi connectivity index (χ1n) is 13.5. The van der Waals surface area contributed by atoms with Crippen LogP contribution in [0.4, 0.5) is 11.4 Å². The summed E-state index contributed by atoms with van der Waals surface area (Å²) >= 11 is 0. The van der Waals surface area contributed by atoms with E-state index in [1.54, 1.807) is 20.0 Å². The molecule has 0 saturated carbocycles. The average Bonchev–Trinajstić information content (AvgIpc) is 3.50. The first-order chi connectivity index (χ1) is 21.8. The summed E-state index contributed by atoms with van der Waals surface area (Å²) in [5.74, 6) is -0.268. The monoisotopic (exact) mass is 721 g/mol. The van der Waals surface area contributed by atoms with Crippen LogP contribution in [-0.2, 0) is 42.9 Å². The number of aliphatic hydroxyl groups is 1. The lowest BCUT2D eigenvalue weighted by Crippen LogP contribution is -2.26. The van der Waals surface area contributed by atoms with Crippen LogP contribution in [0.25, 0.3) is 11.0 Å². The van der Waals surface area contributed by atoms with Gasteiger partial charge in [-0.15, -0.1) is 0 Å². The van der Waals surface area contributed by atoms with Gasteiger partial charge in [-0.05, 0) is 24.1 Å². The van der Waals surface area contributed by atoms with Gasteiger partial charge in [0.1, 0.15) is 18.0 Å². The number of phosphoric acid groups is 3. The fourth-order valence-corrected chi connectivity index (χ4v) is 7.99. The maximum atomic E-state index is 12.1. The Labute approximate surface area is 265 Å². The van der Waals surface area contributed by atoms with Crippen molar-refractivity contribution in [2.75, 3.05) is 12.3 Å². The second-order valence-corrected chi connectivity index (χ2v) is 15.0. The molecule has 1 aromatic carbocycles. The number of hydrogen-bond acceptors (Lipinski definition) is 14. The van der Waals surface area contributed by atoms with Gasteiger partial charge < -0.3 is 44.5 Å². The Morgan fingerprint density at radius 3 is 2.51 bits per heavy atom. The molecule has 0 spiro atoms. The van der Waals surface area contributed by atoms with Crippen LogP contribution in [0, 0.1) is 27.4 Å². The van der Waals surface area contributed by atoms with Gasteiger partial charge in [-0.25, -0.2) is 18.7 Å². The van der Waals surface area contributed by atoms with E-state index in [1.165, 1.54) is 35.0 Å². The first-order valence-corrected chi connectivity index (χ1v) is 18.0. The summed E-state index contributed by atoms with van der Waals surface area (Å²) in [6, 6.07) is 7.48. The van der Waals surface area contributed by atoms with Crippen molar-refractivity contribution >= 4 is 45.9 Å². The molecule has 0 radical (unpaired) electrons. The first kappa shape index (κ1) is 36.7. The van der Waals surface area contributed by atoms with Crippen molar-refractivity contribution in [3.8, 4) is 6.07 Å². The lowest BCUT2D eigenvalue weighted by Gasteiger charge is -2.22. The fourth-order valence-electron chi connectivity index (χ4n) is 4.96. The zero-order valence-corrected chi connectivity index (χ0v) is 27.2. The largest absolute Gasteiger partial charge is 0.490 e. The fraction of sp³-hybridized carbons (Fsp3) is 0.417. The highest BCUT2D eigenvalue weighted by Gasteiger charge is 2.43. The predicted octanol–water partition coefficient (Wildman–Crippen LogP) is 3.30. The number of pyridine rings is 1. The second-order valence-electron chi connectivity index (χ2n) is 10.6. The number of nitrogens with zero attached hydrogens (tertiary/aromatic N) is 4. The lowest BCUT2D eigenvalue weighted by atomic mass is 9.95. The van der Waals surface area contributed by atoms with Crippen LogP contribution in [0.2, 0.25) is 0 Å². The van der Waals surface area contributed by atoms with Crippen LogP contribution >= 0.6 is 23.5 Å². The molecule has 23 heteroatoms. The number of hydrogen-bond donors (Lipinski definition) is 6. The third-order valence-corrected chi connectivity index (χ3v) is 10.6. The quantitative estimate of drug-likeness (QED) is 0.0790. The number of nitro benzene ring substituents is 1. The Morgan fingerprint density at radius 1 is 1.19 bits per heavy atom. The molecule has 47 heavy (non-hydrogen) atoms. The van der Waals surface area contributed by atoms with E-state index in [0.717, 1.165) is 0 Å². The molecule has 1 saturated heterocycles. The topological polar surface area (TPSA) is 309 Å². The SMILES string of the molecule is CC(C)C(OCc1cn([C@H]2CC(O)[C@@H](COP(=O)(O)OP(=O)(O)OP(=O)(O)O)O2)c2nccc(N)c12)c1cc(C#N)ccc1[N+](=O)[O-]. The van der Waals surface area contributed by atoms with Crippen LogP contribution in [0.1, 0.15) is 49.3 Å². The molecule has 20 nitrogen and oxygen atoms in total. The molecule has 7 N–H and O–H groups in total. The van der Waals surface area contributed by atoms with E-state index in [4.69, 9.17) is 25.0 Å². The summed E-state index contributed by atoms with van der Waals surface area (Å²) in [5.41, 5.74) is 7.56. The zero-order chi connectivity index (χ0) is 34.9. The van der Waals surface area contributed by atoms with Gasteiger partial charge in [-0.2, -0.15) is 13.9 Å². The van der Waals surface area contributed by atoms with Gasteiger partial charge in [0.05, 0.1) is 47.5 Å². The summed E-state index contributed by atoms with van der Waals surface area (Å²) in [7, 11) is -16.8. The highest BCUT2D eigenvalue weighted by atomic mass is 31.3. The Hall–Kier alpha value is -3.11. The molecular formula is C24H30N5O15P3. The minimum atomic E-state index is -5.74. The van der Waals surface area contributed by atoms with Crippen LogP contribution in [0.3, 0.4) is 0 Å². The minimum Gasteiger partial charge on any atom is -0.398 e. The van der Waals surface area contributed by atoms with Gasteiger partial charge in [0.25, 0.3) is 5.69 Å². The molecule has 4 unspecified atom stereocenters. The maximum Gasteiger partial charge on any atom is 0.490 e. The molecule has 1 aliphatic rings. The Morgan fingerprint density at radius 2 is 1.89 bits per heavy atom. The molecule has 2 aromatic heterocycles. The number of benzene rings is 1. The van der Waals surface area contributed by atoms with E-state index in [1.807, 2.05) is 6.07 Å². The summed E-state index contributed by atoms with van der Waals surface area (Å²) in [5, 5.41) is 32.2. The van der Waals surface area contributed by atoms with E-state index < -0.39 is 59.5 Å². The maximum absolute atomic E-state index is 12.1. The number of ether oxygens (including phenoxy) is 2. The van der Waals surface area contributed by atoms with Crippen molar-refractivity contribution in [1.29, 1.82) is 5.26 Å². The van der Waals surface area contributed by atoms with Gasteiger partial charge in [0, 0.05) is 41.5 Å². The Balaban J connectivity index is 1.55. The smallest absolute Gasteiger partial charge is 0.398 e. The lowest BCUT2D eigenvalue weighted by molar-refractivity contribution is -0.386. The molecule has 0 bridgehead atoms. The van der Waals surface area contributed by atoms with E-state index in [0.29, 0.717) is 22.3 Å². The van der Waals surface area contributed by atoms with Crippen molar-refractivity contribution in [2.45, 2.75) is 51.4 Å². The number of fused-ring (bicyclic) bond motifs is 1. The molecule has 6 atom stereocenters. The predicted molar refractivity (Wildman–Crippen MR) is 159 cm³/mol. The van der Waals surface area contributed by atoms with Crippen molar-refractivity contribution < 1.29 is 65.9 Å². The molecule has 3 heterocycles. The van der Waals surface area contributed by atoms with Crippen LogP contribution in [-0.4, -0.2) is 58.0 Å². The standard InChI is InChI=1S/C24H30N5O15P3/c1-13(2)23(16-7-14(9-25)3-4-18(16)29(31)32)40-11-15-10-28(24-22(15)17(26)5-6-27-24)21-8-19(30)20(42-21)12-41-46(36,37)44-47(38,39)43-45(33,34)35/h3-7,10,13,19-21,23,30H,8,11-12H2,1-2H3,(H2,26,27)(H,36,37)(H,38,39)(H2,33,34,35)/t19?,20-,21-,23?/m1/s1. The number of nitriles is 1. The van der Waals surface area contributed by atoms with Gasteiger partial charge in [0.2, 0.25) is 0 Å². The number of aromatic nitrogens is 2. The Kier molecular flexibility index (Phi) is 11.1. The van der Waals surface area contributed by atoms with Crippen molar-refractivity contribution in [1.82, 2.24) is 9.55 Å². The summed E-state index contributed by atoms with van der Waals surface area (Å²) in [6.45, 7) is 2.59. The molecular weight excluding hydrogens is 691 g/mol. The van der Waals surface area contributed by atoms with Gasteiger partial charge in [0.15, 0.2) is 0 Å². The Bertz CT molecular complexity index is 1840. The highest BCUT2D eigenvalue weighted by Crippen LogP contribution is 2.66. The number of phosphoric ester groups is 1. The number of aliphatic hydroxyl groups excluding tert-OH is 1. The van der Waals surface area contributed by atoms with Crippen molar-refractivity contribution in [3.05, 3.63) is 63.5 Å². The molecule has 3 aromatic rings. The molecule has 1 fully saturated rings. The van der Waals surface area contributed by atoms with Crippen molar-refractivity contribution in [3.63, 3.8) is 0 Å². The summed E-state index contributed by atoms with van der Waals surface area (Å²) < 4.78 is 60.0. The summed E-state index contributed by atoms with van der Waals surface area (Å²) in [4.78, 5) is 52.0.